The lowest BCUT2D eigenvalue weighted by Gasteiger charge is -2.14. The third kappa shape index (κ3) is 3.91. The maximum atomic E-state index is 10.5. The molecule has 0 amide bonds. The minimum Gasteiger partial charge on any atom is -0.490 e. The van der Waals surface area contributed by atoms with Crippen LogP contribution in [0.2, 0.25) is 0 Å². The fourth-order valence-electron chi connectivity index (χ4n) is 1.25. The van der Waals surface area contributed by atoms with Gasteiger partial charge in [-0.3, -0.25) is 4.79 Å². The van der Waals surface area contributed by atoms with Gasteiger partial charge >= 0.3 is 5.97 Å². The summed E-state index contributed by atoms with van der Waals surface area (Å²) in [4.78, 5) is 10.5. The molecular weight excluding hydrogens is 260 g/mol. The number of hydrogen-bond acceptors (Lipinski definition) is 2. The molecule has 0 radical (unpaired) electrons. The molecule has 1 aromatic carbocycles. The molecule has 0 fully saturated rings. The van der Waals surface area contributed by atoms with Crippen molar-refractivity contribution in [2.45, 2.75) is 26.4 Å². The van der Waals surface area contributed by atoms with Gasteiger partial charge in [-0.25, -0.2) is 0 Å². The Labute approximate surface area is 97.2 Å². The molecule has 0 unspecified atom stereocenters. The zero-order valence-corrected chi connectivity index (χ0v) is 10.2. The molecule has 1 aromatic rings. The highest BCUT2D eigenvalue weighted by atomic mass is 79.9. The monoisotopic (exact) mass is 272 g/mol. The molecule has 3 nitrogen and oxygen atoms in total. The summed E-state index contributed by atoms with van der Waals surface area (Å²) in [5.41, 5.74) is 0.988. The zero-order valence-electron chi connectivity index (χ0n) is 8.66. The van der Waals surface area contributed by atoms with Crippen LogP contribution in [0.15, 0.2) is 22.7 Å². The van der Waals surface area contributed by atoms with E-state index < -0.39 is 5.97 Å². The Morgan fingerprint density at radius 1 is 1.60 bits per heavy atom. The van der Waals surface area contributed by atoms with Crippen molar-refractivity contribution in [2.75, 3.05) is 0 Å². The largest absolute Gasteiger partial charge is 0.490 e. The van der Waals surface area contributed by atoms with Crippen LogP contribution in [0.4, 0.5) is 0 Å². The second kappa shape index (κ2) is 5.16. The van der Waals surface area contributed by atoms with E-state index in [1.165, 1.54) is 0 Å². The van der Waals surface area contributed by atoms with E-state index in [0.29, 0.717) is 0 Å². The smallest absolute Gasteiger partial charge is 0.307 e. The zero-order chi connectivity index (χ0) is 11.4. The Morgan fingerprint density at radius 2 is 2.27 bits per heavy atom. The van der Waals surface area contributed by atoms with Crippen molar-refractivity contribution < 1.29 is 14.6 Å². The number of carboxylic acids is 1. The third-order valence-electron chi connectivity index (χ3n) is 1.93. The second-order valence-electron chi connectivity index (χ2n) is 3.44. The van der Waals surface area contributed by atoms with E-state index >= 15 is 0 Å². The maximum absolute atomic E-state index is 10.5. The third-order valence-corrected chi connectivity index (χ3v) is 2.42. The van der Waals surface area contributed by atoms with Crippen LogP contribution in [0.3, 0.4) is 0 Å². The van der Waals surface area contributed by atoms with Gasteiger partial charge in [-0.2, -0.15) is 0 Å². The summed E-state index contributed by atoms with van der Waals surface area (Å²) < 4.78 is 6.49. The SMILES string of the molecule is Cc1cc(Br)ccc1O[C@@H](C)CC(=O)O. The Hall–Kier alpha value is -1.03. The molecular formula is C11H13BrO3. The molecule has 1 rings (SSSR count). The summed E-state index contributed by atoms with van der Waals surface area (Å²) in [5, 5.41) is 8.59. The van der Waals surface area contributed by atoms with Gasteiger partial charge in [0.05, 0.1) is 6.42 Å². The number of rotatable bonds is 4. The highest BCUT2D eigenvalue weighted by molar-refractivity contribution is 9.10. The average molecular weight is 273 g/mol. The summed E-state index contributed by atoms with van der Waals surface area (Å²) in [6.07, 6.45) is -0.308. The highest BCUT2D eigenvalue weighted by Crippen LogP contribution is 2.23. The second-order valence-corrected chi connectivity index (χ2v) is 4.35. The van der Waals surface area contributed by atoms with Crippen molar-refractivity contribution in [1.29, 1.82) is 0 Å². The summed E-state index contributed by atoms with van der Waals surface area (Å²) in [6.45, 7) is 3.67. The lowest BCUT2D eigenvalue weighted by molar-refractivity contribution is -0.138. The number of aryl methyl sites for hydroxylation is 1. The number of carbonyl (C=O) groups is 1. The van der Waals surface area contributed by atoms with Crippen molar-refractivity contribution in [3.8, 4) is 5.75 Å². The van der Waals surface area contributed by atoms with Crippen LogP contribution < -0.4 is 4.74 Å². The lowest BCUT2D eigenvalue weighted by Crippen LogP contribution is -2.17. The molecule has 0 bridgehead atoms. The van der Waals surface area contributed by atoms with Gasteiger partial charge in [0.15, 0.2) is 0 Å². The van der Waals surface area contributed by atoms with E-state index in [9.17, 15) is 4.79 Å². The Morgan fingerprint density at radius 3 is 2.80 bits per heavy atom. The first-order chi connectivity index (χ1) is 6.99. The van der Waals surface area contributed by atoms with E-state index in [4.69, 9.17) is 9.84 Å². The van der Waals surface area contributed by atoms with Gasteiger partial charge in [0.2, 0.25) is 0 Å². The van der Waals surface area contributed by atoms with Gasteiger partial charge in [-0.15, -0.1) is 0 Å². The van der Waals surface area contributed by atoms with Crippen LogP contribution >= 0.6 is 15.9 Å². The van der Waals surface area contributed by atoms with E-state index in [2.05, 4.69) is 15.9 Å². The molecule has 4 heteroatoms. The minimum absolute atomic E-state index is 0.00943. The van der Waals surface area contributed by atoms with E-state index in [1.807, 2.05) is 25.1 Å². The van der Waals surface area contributed by atoms with Crippen LogP contribution in [0.1, 0.15) is 18.9 Å². The average Bonchev–Trinajstić information content (AvgIpc) is 2.08. The predicted molar refractivity (Wildman–Crippen MR) is 61.2 cm³/mol. The number of carboxylic acid groups (broad SMARTS) is 1. The number of ether oxygens (including phenoxy) is 1. The van der Waals surface area contributed by atoms with Gasteiger partial charge in [0.1, 0.15) is 11.9 Å². The fourth-order valence-corrected chi connectivity index (χ4v) is 1.72. The first kappa shape index (κ1) is 12.0. The van der Waals surface area contributed by atoms with E-state index in [1.54, 1.807) is 6.92 Å². The first-order valence-corrected chi connectivity index (χ1v) is 5.43. The molecule has 0 aliphatic rings. The van der Waals surface area contributed by atoms with Crippen LogP contribution in [-0.4, -0.2) is 17.2 Å². The Kier molecular flexibility index (Phi) is 4.15. The highest BCUT2D eigenvalue weighted by Gasteiger charge is 2.10. The molecule has 0 aliphatic heterocycles. The lowest BCUT2D eigenvalue weighted by atomic mass is 10.2. The fraction of sp³-hybridized carbons (Fsp3) is 0.364. The molecule has 1 N–H and O–H groups in total. The van der Waals surface area contributed by atoms with Crippen molar-refractivity contribution in [3.63, 3.8) is 0 Å². The van der Waals surface area contributed by atoms with Crippen LogP contribution in [0, 0.1) is 6.92 Å². The van der Waals surface area contributed by atoms with Crippen molar-refractivity contribution in [2.24, 2.45) is 0 Å². The standard InChI is InChI=1S/C11H13BrO3/c1-7-5-9(12)3-4-10(7)15-8(2)6-11(13)14/h3-5,8H,6H2,1-2H3,(H,13,14)/t8-/m0/s1. The van der Waals surface area contributed by atoms with Crippen molar-refractivity contribution >= 4 is 21.9 Å². The maximum Gasteiger partial charge on any atom is 0.307 e. The van der Waals surface area contributed by atoms with Crippen molar-refractivity contribution in [1.82, 2.24) is 0 Å². The van der Waals surface area contributed by atoms with Gasteiger partial charge in [-0.1, -0.05) is 15.9 Å². The van der Waals surface area contributed by atoms with Gasteiger partial charge in [-0.05, 0) is 37.6 Å². The molecule has 82 valence electrons. The van der Waals surface area contributed by atoms with Crippen LogP contribution in [-0.2, 0) is 4.79 Å². The normalized spacial score (nSPS) is 12.2. The van der Waals surface area contributed by atoms with Crippen molar-refractivity contribution in [3.05, 3.63) is 28.2 Å². The predicted octanol–water partition coefficient (Wildman–Crippen LogP) is 3.00. The summed E-state index contributed by atoms with van der Waals surface area (Å²) in [7, 11) is 0. The number of halogens is 1. The number of aliphatic carboxylic acids is 1. The molecule has 0 saturated heterocycles. The summed E-state index contributed by atoms with van der Waals surface area (Å²) in [6, 6.07) is 5.64. The summed E-state index contributed by atoms with van der Waals surface area (Å²) in [5.74, 6) is -0.121. The Bertz CT molecular complexity index is 363. The molecule has 1 atom stereocenters. The van der Waals surface area contributed by atoms with Crippen LogP contribution in [0.5, 0.6) is 5.75 Å². The first-order valence-electron chi connectivity index (χ1n) is 4.63. The molecule has 0 saturated carbocycles. The number of hydrogen-bond donors (Lipinski definition) is 1. The minimum atomic E-state index is -0.850. The topological polar surface area (TPSA) is 46.5 Å². The molecule has 0 aliphatic carbocycles. The molecule has 0 aromatic heterocycles. The molecule has 0 spiro atoms. The van der Waals surface area contributed by atoms with E-state index in [-0.39, 0.29) is 12.5 Å². The van der Waals surface area contributed by atoms with Gasteiger partial charge < -0.3 is 9.84 Å². The Balaban J connectivity index is 2.68. The molecule has 15 heavy (non-hydrogen) atoms. The van der Waals surface area contributed by atoms with E-state index in [0.717, 1.165) is 15.8 Å². The molecule has 0 heterocycles. The number of benzene rings is 1. The quantitative estimate of drug-likeness (QED) is 0.917. The van der Waals surface area contributed by atoms with Gasteiger partial charge in [0, 0.05) is 4.47 Å². The van der Waals surface area contributed by atoms with Gasteiger partial charge in [0.25, 0.3) is 0 Å². The van der Waals surface area contributed by atoms with Crippen LogP contribution in [0.25, 0.3) is 0 Å². The summed E-state index contributed by atoms with van der Waals surface area (Å²) >= 11 is 3.35.